The molecule has 2 aliphatic rings. The lowest BCUT2D eigenvalue weighted by Crippen LogP contribution is -2.43. The second kappa shape index (κ2) is 2.89. The topological polar surface area (TPSA) is 24.1 Å². The van der Waals surface area contributed by atoms with E-state index in [1.807, 2.05) is 0 Å². The molecule has 0 radical (unpaired) electrons. The molecule has 1 heterocycles. The Morgan fingerprint density at radius 3 is 2.50 bits per heavy atom. The van der Waals surface area contributed by atoms with Gasteiger partial charge in [-0.15, -0.1) is 0 Å². The van der Waals surface area contributed by atoms with Crippen LogP contribution in [0.4, 0.5) is 0 Å². The second-order valence-corrected chi connectivity index (χ2v) is 3.48. The van der Waals surface area contributed by atoms with Gasteiger partial charge in [-0.2, -0.15) is 0 Å². The molecule has 2 N–H and O–H groups in total. The molecule has 2 nitrogen and oxygen atoms in total. The average Bonchev–Trinajstić information content (AvgIpc) is 2.29. The molecule has 1 saturated carbocycles. The lowest BCUT2D eigenvalue weighted by molar-refractivity contribution is 0.310. The summed E-state index contributed by atoms with van der Waals surface area (Å²) in [6.07, 6.45) is 5.60. The van der Waals surface area contributed by atoms with Crippen LogP contribution in [0.1, 0.15) is 25.7 Å². The van der Waals surface area contributed by atoms with E-state index in [1.54, 1.807) is 0 Å². The van der Waals surface area contributed by atoms with Crippen LogP contribution in [0, 0.1) is 0 Å². The molecule has 58 valence electrons. The lowest BCUT2D eigenvalue weighted by atomic mass is 9.92. The zero-order valence-corrected chi connectivity index (χ0v) is 6.40. The summed E-state index contributed by atoms with van der Waals surface area (Å²) in [7, 11) is 0. The molecule has 0 aromatic heterocycles. The van der Waals surface area contributed by atoms with Gasteiger partial charge in [0.1, 0.15) is 0 Å². The highest BCUT2D eigenvalue weighted by atomic mass is 15.0. The van der Waals surface area contributed by atoms with Crippen LogP contribution < -0.4 is 10.6 Å². The third-order valence-corrected chi connectivity index (χ3v) is 2.64. The van der Waals surface area contributed by atoms with Crippen LogP contribution in [-0.4, -0.2) is 25.2 Å². The molecule has 1 atom stereocenters. The molecule has 0 bridgehead atoms. The van der Waals surface area contributed by atoms with Gasteiger partial charge in [-0.3, -0.25) is 0 Å². The molecule has 1 unspecified atom stereocenters. The molecule has 1 saturated heterocycles. The van der Waals surface area contributed by atoms with E-state index in [0.29, 0.717) is 0 Å². The Hall–Kier alpha value is -0.0800. The maximum atomic E-state index is 3.65. The summed E-state index contributed by atoms with van der Waals surface area (Å²) >= 11 is 0. The largest absolute Gasteiger partial charge is 0.315 e. The summed E-state index contributed by atoms with van der Waals surface area (Å²) in [5.41, 5.74) is 0. The number of nitrogens with one attached hydrogen (secondary N) is 2. The van der Waals surface area contributed by atoms with E-state index in [-0.39, 0.29) is 0 Å². The van der Waals surface area contributed by atoms with Gasteiger partial charge in [0.15, 0.2) is 0 Å². The zero-order valence-electron chi connectivity index (χ0n) is 6.40. The highest BCUT2D eigenvalue weighted by Crippen LogP contribution is 2.19. The third kappa shape index (κ3) is 1.32. The molecule has 0 aromatic carbocycles. The summed E-state index contributed by atoms with van der Waals surface area (Å²) in [5, 5.41) is 7.02. The van der Waals surface area contributed by atoms with E-state index in [0.717, 1.165) is 12.1 Å². The zero-order chi connectivity index (χ0) is 6.81. The molecule has 2 fully saturated rings. The first-order valence-corrected chi connectivity index (χ1v) is 4.42. The highest BCUT2D eigenvalue weighted by molar-refractivity contribution is 4.84. The van der Waals surface area contributed by atoms with Crippen molar-refractivity contribution >= 4 is 0 Å². The Balaban J connectivity index is 1.68. The van der Waals surface area contributed by atoms with Crippen molar-refractivity contribution in [2.45, 2.75) is 37.8 Å². The van der Waals surface area contributed by atoms with Gasteiger partial charge >= 0.3 is 0 Å². The van der Waals surface area contributed by atoms with Gasteiger partial charge in [-0.1, -0.05) is 6.42 Å². The van der Waals surface area contributed by atoms with E-state index >= 15 is 0 Å². The fraction of sp³-hybridized carbons (Fsp3) is 1.00. The quantitative estimate of drug-likeness (QED) is 0.583. The number of hydrogen-bond donors (Lipinski definition) is 2. The Morgan fingerprint density at radius 2 is 2.00 bits per heavy atom. The predicted octanol–water partition coefficient (Wildman–Crippen LogP) is 0.490. The van der Waals surface area contributed by atoms with Crippen LogP contribution in [-0.2, 0) is 0 Å². The maximum absolute atomic E-state index is 3.65. The monoisotopic (exact) mass is 140 g/mol. The van der Waals surface area contributed by atoms with Gasteiger partial charge in [-0.25, -0.2) is 0 Å². The second-order valence-electron chi connectivity index (χ2n) is 3.48. The minimum Gasteiger partial charge on any atom is -0.315 e. The molecule has 2 heteroatoms. The van der Waals surface area contributed by atoms with Crippen molar-refractivity contribution in [2.24, 2.45) is 0 Å². The van der Waals surface area contributed by atoms with Gasteiger partial charge < -0.3 is 10.6 Å². The van der Waals surface area contributed by atoms with Crippen molar-refractivity contribution in [3.8, 4) is 0 Å². The molecule has 2 rings (SSSR count). The summed E-state index contributed by atoms with van der Waals surface area (Å²) < 4.78 is 0. The molecule has 1 aliphatic carbocycles. The highest BCUT2D eigenvalue weighted by Gasteiger charge is 2.22. The first kappa shape index (κ1) is 6.62. The smallest absolute Gasteiger partial charge is 0.0207 e. The van der Waals surface area contributed by atoms with Crippen molar-refractivity contribution in [1.29, 1.82) is 0 Å². The van der Waals surface area contributed by atoms with Crippen molar-refractivity contribution in [1.82, 2.24) is 10.6 Å². The lowest BCUT2D eigenvalue weighted by Gasteiger charge is -2.29. The Bertz CT molecular complexity index is 104. The molecule has 0 amide bonds. The van der Waals surface area contributed by atoms with Gasteiger partial charge in [0, 0.05) is 18.6 Å². The molecule has 0 spiro atoms. The van der Waals surface area contributed by atoms with E-state index in [1.165, 1.54) is 38.8 Å². The first-order chi connectivity index (χ1) is 4.95. The average molecular weight is 140 g/mol. The Labute approximate surface area is 62.4 Å². The molecule has 1 aliphatic heterocycles. The van der Waals surface area contributed by atoms with Crippen molar-refractivity contribution in [3.63, 3.8) is 0 Å². The fourth-order valence-electron chi connectivity index (χ4n) is 1.71. The van der Waals surface area contributed by atoms with Crippen LogP contribution in [0.15, 0.2) is 0 Å². The third-order valence-electron chi connectivity index (χ3n) is 2.64. The van der Waals surface area contributed by atoms with E-state index in [9.17, 15) is 0 Å². The van der Waals surface area contributed by atoms with Gasteiger partial charge in [0.25, 0.3) is 0 Å². The summed E-state index contributed by atoms with van der Waals surface area (Å²) in [6, 6.07) is 1.65. The van der Waals surface area contributed by atoms with Gasteiger partial charge in [0.05, 0.1) is 0 Å². The Kier molecular flexibility index (Phi) is 1.91. The molecular weight excluding hydrogens is 124 g/mol. The fourth-order valence-corrected chi connectivity index (χ4v) is 1.71. The van der Waals surface area contributed by atoms with Crippen molar-refractivity contribution in [3.05, 3.63) is 0 Å². The Morgan fingerprint density at radius 1 is 1.10 bits per heavy atom. The van der Waals surface area contributed by atoms with Crippen LogP contribution in [0.5, 0.6) is 0 Å². The van der Waals surface area contributed by atoms with E-state index in [2.05, 4.69) is 10.6 Å². The van der Waals surface area contributed by atoms with Crippen LogP contribution >= 0.6 is 0 Å². The minimum absolute atomic E-state index is 0.783. The van der Waals surface area contributed by atoms with Gasteiger partial charge in [-0.05, 0) is 25.8 Å². The van der Waals surface area contributed by atoms with E-state index in [4.69, 9.17) is 0 Å². The standard InChI is InChI=1S/C8H16N2/c1-2-7(3-1)10-8-4-5-9-6-8/h7-10H,1-6H2. The normalized spacial score (nSPS) is 34.2. The predicted molar refractivity (Wildman–Crippen MR) is 42.0 cm³/mol. The molecule has 0 aromatic rings. The van der Waals surface area contributed by atoms with Crippen molar-refractivity contribution < 1.29 is 0 Å². The van der Waals surface area contributed by atoms with Crippen LogP contribution in [0.25, 0.3) is 0 Å². The van der Waals surface area contributed by atoms with E-state index < -0.39 is 0 Å². The van der Waals surface area contributed by atoms with Crippen LogP contribution in [0.3, 0.4) is 0 Å². The van der Waals surface area contributed by atoms with Crippen molar-refractivity contribution in [2.75, 3.05) is 13.1 Å². The summed E-state index contributed by atoms with van der Waals surface area (Å²) in [5.74, 6) is 0. The maximum Gasteiger partial charge on any atom is 0.0207 e. The van der Waals surface area contributed by atoms with Gasteiger partial charge in [0.2, 0.25) is 0 Å². The molecular formula is C8H16N2. The first-order valence-electron chi connectivity index (χ1n) is 4.42. The number of hydrogen-bond acceptors (Lipinski definition) is 2. The SMILES string of the molecule is C1CC(NC2CCNC2)C1. The minimum atomic E-state index is 0.783. The molecule has 10 heavy (non-hydrogen) atoms. The summed E-state index contributed by atoms with van der Waals surface area (Å²) in [6.45, 7) is 2.40. The number of rotatable bonds is 2. The summed E-state index contributed by atoms with van der Waals surface area (Å²) in [4.78, 5) is 0. The van der Waals surface area contributed by atoms with Crippen LogP contribution in [0.2, 0.25) is 0 Å².